The monoisotopic (exact) mass is 500 g/mol. The minimum atomic E-state index is 0. The van der Waals surface area contributed by atoms with Crippen molar-refractivity contribution in [1.29, 1.82) is 0 Å². The van der Waals surface area contributed by atoms with Crippen molar-refractivity contribution in [2.24, 2.45) is 12.0 Å². The summed E-state index contributed by atoms with van der Waals surface area (Å²) < 4.78 is 7.39. The Morgan fingerprint density at radius 2 is 2.00 bits per heavy atom. The van der Waals surface area contributed by atoms with Gasteiger partial charge in [0, 0.05) is 40.4 Å². The lowest BCUT2D eigenvalue weighted by Crippen LogP contribution is -2.39. The molecule has 0 radical (unpaired) electrons. The van der Waals surface area contributed by atoms with Crippen LogP contribution in [0.2, 0.25) is 0 Å². The van der Waals surface area contributed by atoms with Crippen LogP contribution in [-0.2, 0) is 24.9 Å². The van der Waals surface area contributed by atoms with Crippen molar-refractivity contribution in [2.45, 2.75) is 40.3 Å². The first kappa shape index (κ1) is 24.4. The molecule has 0 aliphatic rings. The van der Waals surface area contributed by atoms with Crippen LogP contribution >= 0.6 is 24.0 Å². The summed E-state index contributed by atoms with van der Waals surface area (Å²) in [6, 6.07) is 8.43. The number of guanidine groups is 1. The average molecular weight is 500 g/mol. The van der Waals surface area contributed by atoms with Crippen molar-refractivity contribution in [3.63, 3.8) is 0 Å². The van der Waals surface area contributed by atoms with Gasteiger partial charge in [0.05, 0.1) is 0 Å². The number of hydrogen-bond donors (Lipinski definition) is 1. The minimum Gasteiger partial charge on any atom is -0.382 e. The lowest BCUT2D eigenvalue weighted by atomic mass is 10.1. The van der Waals surface area contributed by atoms with Gasteiger partial charge < -0.3 is 19.5 Å². The summed E-state index contributed by atoms with van der Waals surface area (Å²) in [5.41, 5.74) is 2.57. The highest BCUT2D eigenvalue weighted by Crippen LogP contribution is 2.10. The van der Waals surface area contributed by atoms with Gasteiger partial charge in [-0.15, -0.1) is 34.2 Å². The Hall–Kier alpha value is -1.68. The summed E-state index contributed by atoms with van der Waals surface area (Å²) >= 11 is 0. The van der Waals surface area contributed by atoms with E-state index in [1.165, 1.54) is 11.1 Å². The van der Waals surface area contributed by atoms with E-state index >= 15 is 0 Å². The molecule has 0 amide bonds. The molecule has 1 heterocycles. The Balaban J connectivity index is 0.00000392. The summed E-state index contributed by atoms with van der Waals surface area (Å²) in [5.74, 6) is 2.60. The normalized spacial score (nSPS) is 11.2. The maximum atomic E-state index is 5.42. The van der Waals surface area contributed by atoms with Crippen LogP contribution in [0.3, 0.4) is 0 Å². The van der Waals surface area contributed by atoms with E-state index in [9.17, 15) is 0 Å². The summed E-state index contributed by atoms with van der Waals surface area (Å²) in [7, 11) is 4.02. The molecular formula is C20H33IN6O. The van der Waals surface area contributed by atoms with Crippen LogP contribution in [0.25, 0.3) is 0 Å². The second-order valence-corrected chi connectivity index (χ2v) is 6.62. The van der Waals surface area contributed by atoms with Gasteiger partial charge in [0.1, 0.15) is 12.4 Å². The van der Waals surface area contributed by atoms with Gasteiger partial charge in [-0.1, -0.05) is 24.3 Å². The van der Waals surface area contributed by atoms with Crippen LogP contribution < -0.4 is 5.32 Å². The number of benzene rings is 1. The van der Waals surface area contributed by atoms with Gasteiger partial charge in [-0.05, 0) is 38.3 Å². The van der Waals surface area contributed by atoms with E-state index < -0.39 is 0 Å². The lowest BCUT2D eigenvalue weighted by molar-refractivity contribution is 0.145. The van der Waals surface area contributed by atoms with Crippen molar-refractivity contribution in [2.75, 3.05) is 26.8 Å². The maximum absolute atomic E-state index is 5.42. The molecule has 0 spiro atoms. The fourth-order valence-electron chi connectivity index (χ4n) is 2.68. The van der Waals surface area contributed by atoms with E-state index in [1.54, 1.807) is 0 Å². The number of ether oxygens (including phenoxy) is 1. The fourth-order valence-corrected chi connectivity index (χ4v) is 2.68. The zero-order valence-corrected chi connectivity index (χ0v) is 19.9. The second-order valence-electron chi connectivity index (χ2n) is 6.62. The largest absolute Gasteiger partial charge is 0.382 e. The number of hydrogen-bond acceptors (Lipinski definition) is 4. The zero-order valence-electron chi connectivity index (χ0n) is 17.6. The molecule has 2 aromatic rings. The van der Waals surface area contributed by atoms with Crippen LogP contribution in [0, 0.1) is 13.8 Å². The van der Waals surface area contributed by atoms with E-state index in [-0.39, 0.29) is 24.0 Å². The Morgan fingerprint density at radius 1 is 1.25 bits per heavy atom. The molecule has 0 aliphatic heterocycles. The first-order valence-corrected chi connectivity index (χ1v) is 9.49. The Labute approximate surface area is 185 Å². The van der Waals surface area contributed by atoms with Gasteiger partial charge in [-0.3, -0.25) is 0 Å². The van der Waals surface area contributed by atoms with Crippen LogP contribution in [0.1, 0.15) is 36.1 Å². The highest BCUT2D eigenvalue weighted by molar-refractivity contribution is 14.0. The highest BCUT2D eigenvalue weighted by atomic mass is 127. The first-order valence-electron chi connectivity index (χ1n) is 9.49. The molecule has 1 aromatic heterocycles. The number of rotatable bonds is 9. The average Bonchev–Trinajstić information content (AvgIpc) is 2.97. The van der Waals surface area contributed by atoms with E-state index in [4.69, 9.17) is 9.73 Å². The predicted molar refractivity (Wildman–Crippen MR) is 124 cm³/mol. The van der Waals surface area contributed by atoms with E-state index in [2.05, 4.69) is 58.7 Å². The van der Waals surface area contributed by atoms with Gasteiger partial charge in [0.2, 0.25) is 0 Å². The van der Waals surface area contributed by atoms with Gasteiger partial charge in [-0.2, -0.15) is 0 Å². The summed E-state index contributed by atoms with van der Waals surface area (Å²) in [6.45, 7) is 9.69. The van der Waals surface area contributed by atoms with E-state index in [0.29, 0.717) is 6.54 Å². The van der Waals surface area contributed by atoms with Gasteiger partial charge in [0.25, 0.3) is 0 Å². The number of aromatic nitrogens is 3. The SMILES string of the molecule is CCOCCCNC(=NCc1nnc(C)n1C)N(C)Cc1ccccc1C.I. The molecule has 1 N–H and O–H groups in total. The molecule has 2 rings (SSSR count). The molecule has 0 bridgehead atoms. The maximum Gasteiger partial charge on any atom is 0.194 e. The lowest BCUT2D eigenvalue weighted by Gasteiger charge is -2.23. The topological polar surface area (TPSA) is 67.6 Å². The molecule has 28 heavy (non-hydrogen) atoms. The molecule has 7 nitrogen and oxygen atoms in total. The quantitative estimate of drug-likeness (QED) is 0.248. The van der Waals surface area contributed by atoms with Crippen LogP contribution in [-0.4, -0.2) is 52.4 Å². The molecule has 0 atom stereocenters. The Kier molecular flexibility index (Phi) is 11.1. The molecule has 0 aliphatic carbocycles. The molecular weight excluding hydrogens is 467 g/mol. The number of nitrogens with zero attached hydrogens (tertiary/aromatic N) is 5. The predicted octanol–water partition coefficient (Wildman–Crippen LogP) is 3.05. The summed E-state index contributed by atoms with van der Waals surface area (Å²) in [5, 5.41) is 11.8. The van der Waals surface area contributed by atoms with Crippen LogP contribution in [0.5, 0.6) is 0 Å². The molecule has 0 saturated carbocycles. The van der Waals surface area contributed by atoms with Gasteiger partial charge in [-0.25, -0.2) is 4.99 Å². The number of nitrogens with one attached hydrogen (secondary N) is 1. The van der Waals surface area contributed by atoms with E-state index in [1.807, 2.05) is 25.5 Å². The van der Waals surface area contributed by atoms with Crippen molar-refractivity contribution in [3.05, 3.63) is 47.0 Å². The molecule has 156 valence electrons. The second kappa shape index (κ2) is 12.7. The standard InChI is InChI=1S/C20H32N6O.HI/c1-6-27-13-9-12-21-20(22-14-19-24-23-17(3)26(19)5)25(4)15-18-11-8-7-10-16(18)2;/h7-8,10-11H,6,9,12-15H2,1-5H3,(H,21,22);1H. The third-order valence-corrected chi connectivity index (χ3v) is 4.54. The molecule has 0 fully saturated rings. The Bertz CT molecular complexity index is 746. The highest BCUT2D eigenvalue weighted by Gasteiger charge is 2.10. The molecule has 8 heteroatoms. The third kappa shape index (κ3) is 7.38. The van der Waals surface area contributed by atoms with Crippen molar-refractivity contribution in [1.82, 2.24) is 25.0 Å². The summed E-state index contributed by atoms with van der Waals surface area (Å²) in [4.78, 5) is 6.92. The molecule has 0 unspecified atom stereocenters. The minimum absolute atomic E-state index is 0. The number of aliphatic imine (C=N–C) groups is 1. The van der Waals surface area contributed by atoms with Crippen molar-refractivity contribution >= 4 is 29.9 Å². The first-order chi connectivity index (χ1) is 13.0. The van der Waals surface area contributed by atoms with Crippen LogP contribution in [0.15, 0.2) is 29.3 Å². The Morgan fingerprint density at radius 3 is 2.64 bits per heavy atom. The smallest absolute Gasteiger partial charge is 0.194 e. The van der Waals surface area contributed by atoms with Gasteiger partial charge in [0.15, 0.2) is 11.8 Å². The molecule has 0 saturated heterocycles. The zero-order chi connectivity index (χ0) is 19.6. The van der Waals surface area contributed by atoms with Crippen LogP contribution in [0.4, 0.5) is 0 Å². The molecule has 1 aromatic carbocycles. The summed E-state index contributed by atoms with van der Waals surface area (Å²) in [6.07, 6.45) is 0.939. The number of halogens is 1. The van der Waals surface area contributed by atoms with Gasteiger partial charge >= 0.3 is 0 Å². The van der Waals surface area contributed by atoms with E-state index in [0.717, 1.165) is 50.3 Å². The van der Waals surface area contributed by atoms with Crippen molar-refractivity contribution < 1.29 is 4.74 Å². The third-order valence-electron chi connectivity index (χ3n) is 4.54. The fraction of sp³-hybridized carbons (Fsp3) is 0.550. The number of aryl methyl sites for hydroxylation is 2. The van der Waals surface area contributed by atoms with Crippen molar-refractivity contribution in [3.8, 4) is 0 Å².